The number of hydrogen-bond acceptors (Lipinski definition) is 1. The van der Waals surface area contributed by atoms with Crippen molar-refractivity contribution in [3.05, 3.63) is 0 Å². The van der Waals surface area contributed by atoms with E-state index in [1.807, 2.05) is 0 Å². The Morgan fingerprint density at radius 1 is 1.75 bits per heavy atom. The van der Waals surface area contributed by atoms with Gasteiger partial charge in [0.2, 0.25) is 0 Å². The van der Waals surface area contributed by atoms with Crippen molar-refractivity contribution in [2.24, 2.45) is 0 Å². The molecular formula is H2BFeMoS. The van der Waals surface area contributed by atoms with Crippen molar-refractivity contribution in [2.45, 2.75) is 0 Å². The van der Waals surface area contributed by atoms with Crippen molar-refractivity contribution in [1.82, 2.24) is 0 Å². The van der Waals surface area contributed by atoms with Gasteiger partial charge in [0.1, 0.15) is 0 Å². The van der Waals surface area contributed by atoms with E-state index in [-0.39, 0.29) is 33.6 Å². The monoisotopic (exact) mass is 199 g/mol. The van der Waals surface area contributed by atoms with Crippen LogP contribution in [-0.4, -0.2) is 6.11 Å². The van der Waals surface area contributed by atoms with Crippen LogP contribution in [0.5, 0.6) is 0 Å². The van der Waals surface area contributed by atoms with E-state index in [9.17, 15) is 0 Å². The first-order valence-corrected chi connectivity index (χ1v) is 5.37. The van der Waals surface area contributed by atoms with Crippen LogP contribution in [0.4, 0.5) is 0 Å². The first-order chi connectivity index (χ1) is 1.41. The van der Waals surface area contributed by atoms with Crippen LogP contribution in [0.15, 0.2) is 0 Å². The van der Waals surface area contributed by atoms with E-state index in [1.165, 1.54) is 0 Å². The Labute approximate surface area is 49.4 Å². The van der Waals surface area contributed by atoms with Crippen molar-refractivity contribution in [2.75, 3.05) is 0 Å². The van der Waals surface area contributed by atoms with Crippen LogP contribution < -0.4 is 0 Å². The molecule has 0 unspecified atom stereocenters. The van der Waals surface area contributed by atoms with Gasteiger partial charge in [0, 0.05) is 17.1 Å². The Hall–Kier alpha value is 1.49. The molecule has 0 N–H and O–H groups in total. The summed E-state index contributed by atoms with van der Waals surface area (Å²) in [5, 5.41) is 0. The minimum absolute atomic E-state index is 0. The minimum Gasteiger partial charge on any atom is 0 e. The third-order valence-electron chi connectivity index (χ3n) is 0. The summed E-state index contributed by atoms with van der Waals surface area (Å²) in [5.74, 6) is 0. The quantitative estimate of drug-likeness (QED) is 0.481. The van der Waals surface area contributed by atoms with Gasteiger partial charge in [-0.3, -0.25) is 0 Å². The van der Waals surface area contributed by atoms with Gasteiger partial charge in [0.15, 0.2) is 0 Å². The predicted octanol–water partition coefficient (Wildman–Crippen LogP) is -0.273. The van der Waals surface area contributed by atoms with Crippen LogP contribution in [0.3, 0.4) is 0 Å². The number of hydrogen-bond donors (Lipinski definition) is 0. The van der Waals surface area contributed by atoms with Crippen molar-refractivity contribution >= 4 is 15.9 Å². The molecule has 0 aromatic rings. The van der Waals surface area contributed by atoms with Crippen molar-refractivity contribution in [3.8, 4) is 0 Å². The molecule has 0 saturated carbocycles. The summed E-state index contributed by atoms with van der Waals surface area (Å²) in [4.78, 5) is 0. The van der Waals surface area contributed by atoms with Gasteiger partial charge in [0.05, 0.1) is 0 Å². The molecule has 0 heterocycles. The molecule has 0 bridgehead atoms. The molecule has 0 spiro atoms. The Balaban J connectivity index is 0. The van der Waals surface area contributed by atoms with Crippen LogP contribution in [0.1, 0.15) is 0 Å². The van der Waals surface area contributed by atoms with E-state index in [2.05, 4.69) is 15.9 Å². The van der Waals surface area contributed by atoms with E-state index in [4.69, 9.17) is 0 Å². The molecule has 0 atom stereocenters. The smallest absolute Gasteiger partial charge is 0 e. The third-order valence-corrected chi connectivity index (χ3v) is 0. The molecule has 0 amide bonds. The maximum absolute atomic E-state index is 4.52. The second-order valence-corrected chi connectivity index (χ2v) is 2.96. The summed E-state index contributed by atoms with van der Waals surface area (Å²) in [6, 6.07) is 0. The fraction of sp³-hybridized carbons (Fsp3) is 0. The molecule has 4 heteroatoms. The van der Waals surface area contributed by atoms with Crippen LogP contribution in [-0.2, 0) is 33.6 Å². The summed E-state index contributed by atoms with van der Waals surface area (Å²) in [6.45, 7) is 0. The van der Waals surface area contributed by atoms with Gasteiger partial charge < -0.3 is 0 Å². The third kappa shape index (κ3) is 9.74. The summed E-state index contributed by atoms with van der Waals surface area (Å²) < 4.78 is 0. The summed E-state index contributed by atoms with van der Waals surface area (Å²) in [7, 11) is 4.52. The summed E-state index contributed by atoms with van der Waals surface area (Å²) in [5.41, 5.74) is 0. The molecule has 0 aliphatic carbocycles. The van der Waals surface area contributed by atoms with Crippen LogP contribution >= 0.6 is 9.82 Å². The largest absolute Gasteiger partial charge is 0 e. The van der Waals surface area contributed by atoms with Crippen molar-refractivity contribution in [1.29, 1.82) is 0 Å². The van der Waals surface area contributed by atoms with Gasteiger partial charge in [-0.1, -0.05) is 0 Å². The van der Waals surface area contributed by atoms with E-state index < -0.39 is 0 Å². The molecule has 0 rings (SSSR count). The SMILES string of the molecule is [BH2][Mo]=[S].[Fe]. The topological polar surface area (TPSA) is 0 Å². The zero-order valence-corrected chi connectivity index (χ0v) is 6.10. The van der Waals surface area contributed by atoms with Crippen LogP contribution in [0, 0.1) is 0 Å². The Morgan fingerprint density at radius 3 is 1.75 bits per heavy atom. The second-order valence-electron chi connectivity index (χ2n) is 0.167. The Kier molecular flexibility index (Phi) is 20.0. The summed E-state index contributed by atoms with van der Waals surface area (Å²) >= 11 is 0.0533. The average Bonchev–Trinajstić information content (AvgIpc) is 0.918. The molecule has 0 nitrogen and oxygen atoms in total. The molecule has 0 aliphatic heterocycles. The fourth-order valence-electron chi connectivity index (χ4n) is 0. The average molecular weight is 197 g/mol. The molecule has 0 saturated heterocycles. The maximum atomic E-state index is 4.52. The normalized spacial score (nSPS) is 3.00. The van der Waals surface area contributed by atoms with E-state index >= 15 is 0 Å². The van der Waals surface area contributed by atoms with E-state index in [0.29, 0.717) is 0 Å². The maximum Gasteiger partial charge on any atom is 0 e. The molecule has 0 aromatic heterocycles. The molecule has 0 radical (unpaired) electrons. The standard InChI is InChI=1S/BH2.Fe.Mo.S/h1H2;;;/q+1;;-1;. The first kappa shape index (κ1) is 9.09. The number of rotatable bonds is 0. The van der Waals surface area contributed by atoms with Gasteiger partial charge in [-0.2, -0.15) is 0 Å². The van der Waals surface area contributed by atoms with Crippen LogP contribution in [0.25, 0.3) is 0 Å². The minimum atomic E-state index is 0. The summed E-state index contributed by atoms with van der Waals surface area (Å²) in [6.07, 6.45) is 2.07. The molecule has 0 fully saturated rings. The molecule has 25 valence electrons. The zero-order chi connectivity index (χ0) is 2.71. The van der Waals surface area contributed by atoms with Gasteiger partial charge in [-0.25, -0.2) is 0 Å². The Bertz CT molecular complexity index is 15.5. The van der Waals surface area contributed by atoms with E-state index in [0.717, 1.165) is 0 Å². The fourth-order valence-corrected chi connectivity index (χ4v) is 0. The Morgan fingerprint density at radius 2 is 1.75 bits per heavy atom. The van der Waals surface area contributed by atoms with Gasteiger partial charge in [0.25, 0.3) is 0 Å². The van der Waals surface area contributed by atoms with Crippen molar-refractivity contribution in [3.63, 3.8) is 0 Å². The molecule has 4 heavy (non-hydrogen) atoms. The zero-order valence-electron chi connectivity index (χ0n) is 2.17. The van der Waals surface area contributed by atoms with Crippen molar-refractivity contribution < 1.29 is 33.6 Å². The molecule has 0 aromatic carbocycles. The second kappa shape index (κ2) is 8.82. The van der Waals surface area contributed by atoms with Gasteiger partial charge in [-0.15, -0.1) is 0 Å². The predicted molar refractivity (Wildman–Crippen MR) is 16.1 cm³/mol. The van der Waals surface area contributed by atoms with Gasteiger partial charge in [-0.05, 0) is 0 Å². The van der Waals surface area contributed by atoms with Gasteiger partial charge >= 0.3 is 32.5 Å². The van der Waals surface area contributed by atoms with E-state index in [1.54, 1.807) is 0 Å². The van der Waals surface area contributed by atoms with Crippen LogP contribution in [0.2, 0.25) is 0 Å². The molecule has 0 aliphatic rings. The molecular weight excluding hydrogens is 195 g/mol. The first-order valence-electron chi connectivity index (χ1n) is 0.575.